The van der Waals surface area contributed by atoms with Crippen molar-refractivity contribution in [2.24, 2.45) is 0 Å². The van der Waals surface area contributed by atoms with Crippen molar-refractivity contribution >= 4 is 17.7 Å². The van der Waals surface area contributed by atoms with Gasteiger partial charge in [-0.25, -0.2) is 0 Å². The molecule has 0 spiro atoms. The zero-order chi connectivity index (χ0) is 14.6. The Hall–Kier alpha value is -1.08. The Morgan fingerprint density at radius 3 is 2.75 bits per heavy atom. The van der Waals surface area contributed by atoms with Crippen LogP contribution in [0.5, 0.6) is 0 Å². The fraction of sp³-hybridized carbons (Fsp3) is 0.769. The summed E-state index contributed by atoms with van der Waals surface area (Å²) >= 11 is 1.22. The molecule has 0 saturated heterocycles. The van der Waals surface area contributed by atoms with Crippen LogP contribution in [0.15, 0.2) is 5.16 Å². The molecule has 112 valence electrons. The normalized spacial score (nSPS) is 16.9. The summed E-state index contributed by atoms with van der Waals surface area (Å²) in [5.74, 6) is 0.0771. The summed E-state index contributed by atoms with van der Waals surface area (Å²) in [6.45, 7) is 2.90. The Morgan fingerprint density at radius 2 is 2.25 bits per heavy atom. The van der Waals surface area contributed by atoms with Gasteiger partial charge in [0.1, 0.15) is 5.82 Å². The fourth-order valence-electron chi connectivity index (χ4n) is 2.44. The van der Waals surface area contributed by atoms with Crippen LogP contribution >= 0.6 is 11.8 Å². The predicted molar refractivity (Wildman–Crippen MR) is 76.0 cm³/mol. The van der Waals surface area contributed by atoms with Gasteiger partial charge in [0.25, 0.3) is 0 Å². The molecule has 1 aliphatic rings. The molecular weight excluding hydrogens is 278 g/mol. The van der Waals surface area contributed by atoms with Crippen molar-refractivity contribution in [3.8, 4) is 0 Å². The third-order valence-corrected chi connectivity index (χ3v) is 4.70. The number of hydrogen-bond donors (Lipinski definition) is 1. The van der Waals surface area contributed by atoms with Crippen LogP contribution in [0.1, 0.15) is 38.4 Å². The van der Waals surface area contributed by atoms with Crippen LogP contribution in [0, 0.1) is 0 Å². The number of aliphatic carboxylic acids is 1. The molecule has 0 aliphatic heterocycles. The quantitative estimate of drug-likeness (QED) is 0.740. The molecule has 6 nitrogen and oxygen atoms in total. The van der Waals surface area contributed by atoms with Crippen molar-refractivity contribution in [1.29, 1.82) is 0 Å². The molecule has 0 atom stereocenters. The van der Waals surface area contributed by atoms with Crippen LogP contribution in [0.4, 0.5) is 0 Å². The van der Waals surface area contributed by atoms with Gasteiger partial charge in [0.15, 0.2) is 5.16 Å². The first-order chi connectivity index (χ1) is 9.60. The monoisotopic (exact) mass is 299 g/mol. The largest absolute Gasteiger partial charge is 0.481 e. The van der Waals surface area contributed by atoms with Gasteiger partial charge in [-0.15, -0.1) is 10.2 Å². The average molecular weight is 299 g/mol. The van der Waals surface area contributed by atoms with Crippen LogP contribution in [-0.2, 0) is 22.5 Å². The fourth-order valence-corrected chi connectivity index (χ4v) is 3.15. The van der Waals surface area contributed by atoms with Crippen LogP contribution in [0.25, 0.3) is 0 Å². The first kappa shape index (κ1) is 15.3. The highest BCUT2D eigenvalue weighted by molar-refractivity contribution is 7.99. The molecule has 1 fully saturated rings. The number of carbonyl (C=O) groups is 1. The second-order valence-electron chi connectivity index (χ2n) is 5.15. The van der Waals surface area contributed by atoms with Crippen molar-refractivity contribution in [3.63, 3.8) is 0 Å². The van der Waals surface area contributed by atoms with Crippen molar-refractivity contribution in [2.75, 3.05) is 12.9 Å². The molecular formula is C13H21N3O3S. The number of aromatic nitrogens is 3. The minimum absolute atomic E-state index is 0.0112. The maximum Gasteiger partial charge on any atom is 0.313 e. The van der Waals surface area contributed by atoms with Gasteiger partial charge in [-0.3, -0.25) is 4.79 Å². The Kier molecular flexibility index (Phi) is 5.04. The van der Waals surface area contributed by atoms with E-state index >= 15 is 0 Å². The van der Waals surface area contributed by atoms with Gasteiger partial charge in [0.2, 0.25) is 0 Å². The molecule has 0 bridgehead atoms. The molecule has 1 N–H and O–H groups in total. The summed E-state index contributed by atoms with van der Waals surface area (Å²) in [5.41, 5.74) is -0.0900. The van der Waals surface area contributed by atoms with Gasteiger partial charge in [0, 0.05) is 20.1 Å². The molecule has 1 saturated carbocycles. The maximum atomic E-state index is 10.7. The summed E-state index contributed by atoms with van der Waals surface area (Å²) in [6, 6.07) is 0. The Morgan fingerprint density at radius 1 is 1.50 bits per heavy atom. The van der Waals surface area contributed by atoms with Crippen LogP contribution in [0.3, 0.4) is 0 Å². The molecule has 1 aliphatic carbocycles. The number of rotatable bonds is 8. The van der Waals surface area contributed by atoms with Gasteiger partial charge in [0.05, 0.1) is 11.4 Å². The summed E-state index contributed by atoms with van der Waals surface area (Å²) in [6.07, 6.45) is 5.02. The first-order valence-electron chi connectivity index (χ1n) is 6.92. The van der Waals surface area contributed by atoms with Crippen molar-refractivity contribution in [1.82, 2.24) is 14.8 Å². The summed E-state index contributed by atoms with van der Waals surface area (Å²) in [7, 11) is 1.75. The highest BCUT2D eigenvalue weighted by Gasteiger charge is 2.38. The Bertz CT molecular complexity index is 466. The van der Waals surface area contributed by atoms with Crippen molar-refractivity contribution in [2.45, 2.75) is 56.3 Å². The van der Waals surface area contributed by atoms with E-state index in [9.17, 15) is 4.79 Å². The van der Waals surface area contributed by atoms with Crippen molar-refractivity contribution in [3.05, 3.63) is 5.82 Å². The Balaban J connectivity index is 2.13. The molecule has 1 heterocycles. The third-order valence-electron chi connectivity index (χ3n) is 3.74. The molecule has 1 aromatic heterocycles. The van der Waals surface area contributed by atoms with Crippen LogP contribution in [0.2, 0.25) is 0 Å². The van der Waals surface area contributed by atoms with Gasteiger partial charge in [-0.2, -0.15) is 0 Å². The summed E-state index contributed by atoms with van der Waals surface area (Å²) < 4.78 is 7.67. The smallest absolute Gasteiger partial charge is 0.313 e. The molecule has 0 radical (unpaired) electrons. The van der Waals surface area contributed by atoms with Crippen LogP contribution in [-0.4, -0.2) is 44.3 Å². The lowest BCUT2D eigenvalue weighted by Gasteiger charge is -2.40. The third kappa shape index (κ3) is 3.32. The predicted octanol–water partition coefficient (Wildman–Crippen LogP) is 1.98. The zero-order valence-electron chi connectivity index (χ0n) is 12.0. The summed E-state index contributed by atoms with van der Waals surface area (Å²) in [4.78, 5) is 10.7. The van der Waals surface area contributed by atoms with E-state index in [1.165, 1.54) is 18.2 Å². The van der Waals surface area contributed by atoms with E-state index in [0.717, 1.165) is 38.1 Å². The van der Waals surface area contributed by atoms with Crippen molar-refractivity contribution < 1.29 is 14.6 Å². The minimum Gasteiger partial charge on any atom is -0.481 e. The minimum atomic E-state index is -0.838. The van der Waals surface area contributed by atoms with Gasteiger partial charge >= 0.3 is 5.97 Å². The first-order valence-corrected chi connectivity index (χ1v) is 7.90. The highest BCUT2D eigenvalue weighted by atomic mass is 32.2. The van der Waals surface area contributed by atoms with E-state index in [2.05, 4.69) is 17.1 Å². The van der Waals surface area contributed by atoms with E-state index in [-0.39, 0.29) is 11.4 Å². The lowest BCUT2D eigenvalue weighted by molar-refractivity contribution is -0.133. The molecule has 7 heteroatoms. The second kappa shape index (κ2) is 6.58. The molecule has 1 aromatic rings. The highest BCUT2D eigenvalue weighted by Crippen LogP contribution is 2.38. The standard InChI is InChI=1S/C13H21N3O3S/c1-3-7-16-10(8-13(19-2)5-4-6-13)14-15-12(16)20-9-11(17)18/h3-9H2,1-2H3,(H,17,18). The molecule has 2 rings (SSSR count). The molecule has 0 amide bonds. The molecule has 0 unspecified atom stereocenters. The number of methoxy groups -OCH3 is 1. The van der Waals surface area contributed by atoms with Gasteiger partial charge < -0.3 is 14.4 Å². The Labute approximate surface area is 122 Å². The number of carboxylic acid groups (broad SMARTS) is 1. The number of nitrogens with zero attached hydrogens (tertiary/aromatic N) is 3. The number of thioether (sulfide) groups is 1. The topological polar surface area (TPSA) is 77.2 Å². The number of carboxylic acids is 1. The SMILES string of the molecule is CCCn1c(CC2(OC)CCC2)nnc1SCC(=O)O. The maximum absolute atomic E-state index is 10.7. The van der Waals surface area contributed by atoms with E-state index in [1.54, 1.807) is 7.11 Å². The number of ether oxygens (including phenoxy) is 1. The lowest BCUT2D eigenvalue weighted by atomic mass is 9.77. The van der Waals surface area contributed by atoms with E-state index in [1.807, 2.05) is 4.57 Å². The molecule has 0 aromatic carbocycles. The summed E-state index contributed by atoms with van der Waals surface area (Å²) in [5, 5.41) is 17.9. The van der Waals surface area contributed by atoms with E-state index in [4.69, 9.17) is 9.84 Å². The van der Waals surface area contributed by atoms with E-state index in [0.29, 0.717) is 5.16 Å². The zero-order valence-corrected chi connectivity index (χ0v) is 12.8. The van der Waals surface area contributed by atoms with Crippen LogP contribution < -0.4 is 0 Å². The van der Waals surface area contributed by atoms with E-state index < -0.39 is 5.97 Å². The molecule has 20 heavy (non-hydrogen) atoms. The van der Waals surface area contributed by atoms with Gasteiger partial charge in [-0.05, 0) is 25.7 Å². The average Bonchev–Trinajstić information content (AvgIpc) is 2.74. The number of hydrogen-bond acceptors (Lipinski definition) is 5. The van der Waals surface area contributed by atoms with Gasteiger partial charge in [-0.1, -0.05) is 18.7 Å². The second-order valence-corrected chi connectivity index (χ2v) is 6.09. The lowest BCUT2D eigenvalue weighted by Crippen LogP contribution is -2.42.